The smallest absolute Gasteiger partial charge is 0.151 e. The van der Waals surface area contributed by atoms with E-state index in [9.17, 15) is 5.26 Å². The minimum atomic E-state index is -0.398. The van der Waals surface area contributed by atoms with Crippen molar-refractivity contribution in [1.29, 1.82) is 5.26 Å². The van der Waals surface area contributed by atoms with Gasteiger partial charge < -0.3 is 5.32 Å². The van der Waals surface area contributed by atoms with Crippen LogP contribution in [0.1, 0.15) is 29.9 Å². The molecule has 0 saturated carbocycles. The number of hydrogen-bond donors (Lipinski definition) is 2. The maximum Gasteiger partial charge on any atom is 0.151 e. The molecule has 2 aliphatic heterocycles. The Labute approximate surface area is 156 Å². The Morgan fingerprint density at radius 3 is 2.56 bits per heavy atom. The number of fused-ring (bicyclic) bond motifs is 1. The quantitative estimate of drug-likeness (QED) is 0.832. The Bertz CT molecular complexity index is 840. The first-order chi connectivity index (χ1) is 12.2. The highest BCUT2D eigenvalue weighted by molar-refractivity contribution is 6.36. The zero-order valence-corrected chi connectivity index (χ0v) is 15.0. The molecule has 0 bridgehead atoms. The molecule has 1 aromatic heterocycles. The van der Waals surface area contributed by atoms with Crippen molar-refractivity contribution >= 4 is 34.7 Å². The van der Waals surface area contributed by atoms with Crippen LogP contribution >= 0.6 is 23.2 Å². The fourth-order valence-electron chi connectivity index (χ4n) is 3.89. The lowest BCUT2D eigenvalue weighted by Gasteiger charge is -2.33. The van der Waals surface area contributed by atoms with Crippen LogP contribution in [0, 0.1) is 23.2 Å². The lowest BCUT2D eigenvalue weighted by Crippen LogP contribution is -2.37. The Kier molecular flexibility index (Phi) is 4.51. The molecule has 2 N–H and O–H groups in total. The molecule has 0 radical (unpaired) electrons. The Morgan fingerprint density at radius 1 is 1.16 bits per heavy atom. The van der Waals surface area contributed by atoms with Crippen molar-refractivity contribution in [3.05, 3.63) is 45.6 Å². The summed E-state index contributed by atoms with van der Waals surface area (Å²) in [6.45, 7) is 1.88. The van der Waals surface area contributed by atoms with E-state index in [1.165, 1.54) is 0 Å². The van der Waals surface area contributed by atoms with Crippen molar-refractivity contribution in [3.8, 4) is 6.07 Å². The average molecular weight is 374 g/mol. The van der Waals surface area contributed by atoms with Gasteiger partial charge in [0.05, 0.1) is 18.2 Å². The van der Waals surface area contributed by atoms with Gasteiger partial charge in [0.15, 0.2) is 5.82 Å². The standard InChI is InChI=1S/C18H17Cl2N5/c19-13-2-1-3-14(20)16(13)15-11(8-21)17(10-4-6-22-7-5-10)24-18-12(15)9-23-25-18/h1-3,9-11,15,22H,4-7H2,(H,23,25). The SMILES string of the molecule is N#CC1C(C2CCNCC2)=Nc2[nH]ncc2C1c1c(Cl)cccc1Cl. The van der Waals surface area contributed by atoms with Gasteiger partial charge in [-0.15, -0.1) is 0 Å². The summed E-state index contributed by atoms with van der Waals surface area (Å²) in [5.41, 5.74) is 2.57. The van der Waals surface area contributed by atoms with Crippen LogP contribution in [0.2, 0.25) is 10.0 Å². The summed E-state index contributed by atoms with van der Waals surface area (Å²) >= 11 is 13.0. The van der Waals surface area contributed by atoms with Crippen LogP contribution in [0.25, 0.3) is 0 Å². The maximum atomic E-state index is 10.0. The van der Waals surface area contributed by atoms with E-state index in [1.807, 2.05) is 18.2 Å². The zero-order valence-electron chi connectivity index (χ0n) is 13.5. The van der Waals surface area contributed by atoms with Gasteiger partial charge in [0, 0.05) is 33.2 Å². The van der Waals surface area contributed by atoms with E-state index in [-0.39, 0.29) is 11.8 Å². The molecule has 5 nitrogen and oxygen atoms in total. The summed E-state index contributed by atoms with van der Waals surface area (Å²) in [5, 5.41) is 21.6. The van der Waals surface area contributed by atoms with E-state index < -0.39 is 5.92 Å². The summed E-state index contributed by atoms with van der Waals surface area (Å²) in [7, 11) is 0. The molecule has 1 saturated heterocycles. The molecule has 0 aliphatic carbocycles. The first kappa shape index (κ1) is 16.6. The monoisotopic (exact) mass is 373 g/mol. The van der Waals surface area contributed by atoms with E-state index in [4.69, 9.17) is 28.2 Å². The molecule has 0 amide bonds. The number of benzene rings is 1. The summed E-state index contributed by atoms with van der Waals surface area (Å²) in [6.07, 6.45) is 3.68. The van der Waals surface area contributed by atoms with Crippen LogP contribution in [0.5, 0.6) is 0 Å². The predicted octanol–water partition coefficient (Wildman–Crippen LogP) is 4.07. The number of aromatic nitrogens is 2. The average Bonchev–Trinajstić information content (AvgIpc) is 3.10. The number of rotatable bonds is 2. The van der Waals surface area contributed by atoms with E-state index in [2.05, 4.69) is 21.6 Å². The summed E-state index contributed by atoms with van der Waals surface area (Å²) in [6, 6.07) is 7.92. The molecule has 4 rings (SSSR count). The Morgan fingerprint density at radius 2 is 1.88 bits per heavy atom. The summed E-state index contributed by atoms with van der Waals surface area (Å²) < 4.78 is 0. The normalized spacial score (nSPS) is 23.6. The van der Waals surface area contributed by atoms with Crippen LogP contribution in [0.15, 0.2) is 29.4 Å². The molecular formula is C18H17Cl2N5. The van der Waals surface area contributed by atoms with Crippen molar-refractivity contribution in [1.82, 2.24) is 15.5 Å². The molecule has 2 aromatic rings. The third kappa shape index (κ3) is 2.85. The van der Waals surface area contributed by atoms with Gasteiger partial charge in [0.1, 0.15) is 0 Å². The van der Waals surface area contributed by atoms with E-state index in [1.54, 1.807) is 6.20 Å². The molecule has 2 atom stereocenters. The number of aliphatic imine (C=N–C) groups is 1. The largest absolute Gasteiger partial charge is 0.317 e. The van der Waals surface area contributed by atoms with Gasteiger partial charge in [-0.25, -0.2) is 4.99 Å². The highest BCUT2D eigenvalue weighted by atomic mass is 35.5. The Balaban J connectivity index is 1.87. The molecule has 128 valence electrons. The van der Waals surface area contributed by atoms with Crippen molar-refractivity contribution in [2.24, 2.45) is 16.8 Å². The van der Waals surface area contributed by atoms with E-state index in [0.29, 0.717) is 15.9 Å². The number of H-pyrrole nitrogens is 1. The van der Waals surface area contributed by atoms with E-state index in [0.717, 1.165) is 42.8 Å². The summed E-state index contributed by atoms with van der Waals surface area (Å²) in [4.78, 5) is 4.78. The zero-order chi connectivity index (χ0) is 17.4. The van der Waals surface area contributed by atoms with E-state index >= 15 is 0 Å². The molecule has 25 heavy (non-hydrogen) atoms. The van der Waals surface area contributed by atoms with Gasteiger partial charge >= 0.3 is 0 Å². The fraction of sp³-hybridized carbons (Fsp3) is 0.389. The lowest BCUT2D eigenvalue weighted by atomic mass is 9.73. The second-order valence-electron chi connectivity index (χ2n) is 6.45. The number of nitriles is 1. The predicted molar refractivity (Wildman–Crippen MR) is 98.7 cm³/mol. The number of nitrogens with one attached hydrogen (secondary N) is 2. The van der Waals surface area contributed by atoms with Crippen LogP contribution in [0.3, 0.4) is 0 Å². The minimum Gasteiger partial charge on any atom is -0.317 e. The molecule has 2 aliphatic rings. The van der Waals surface area contributed by atoms with Crippen LogP contribution in [-0.4, -0.2) is 29.0 Å². The molecule has 7 heteroatoms. The topological polar surface area (TPSA) is 76.9 Å². The summed E-state index contributed by atoms with van der Waals surface area (Å²) in [5.74, 6) is 0.333. The van der Waals surface area contributed by atoms with Crippen LogP contribution in [-0.2, 0) is 0 Å². The maximum absolute atomic E-state index is 10.0. The number of aromatic amines is 1. The van der Waals surface area contributed by atoms with Crippen molar-refractivity contribution in [3.63, 3.8) is 0 Å². The fourth-order valence-corrected chi connectivity index (χ4v) is 4.52. The molecule has 1 fully saturated rings. The van der Waals surface area contributed by atoms with Crippen LogP contribution in [0.4, 0.5) is 5.82 Å². The van der Waals surface area contributed by atoms with Gasteiger partial charge in [-0.1, -0.05) is 29.3 Å². The van der Waals surface area contributed by atoms with Crippen LogP contribution < -0.4 is 5.32 Å². The van der Waals surface area contributed by atoms with Crippen molar-refractivity contribution in [2.75, 3.05) is 13.1 Å². The number of nitrogens with zero attached hydrogens (tertiary/aromatic N) is 3. The van der Waals surface area contributed by atoms with Gasteiger partial charge in [-0.05, 0) is 43.6 Å². The molecule has 2 unspecified atom stereocenters. The molecule has 1 aromatic carbocycles. The third-order valence-electron chi connectivity index (χ3n) is 5.08. The molecule has 3 heterocycles. The highest BCUT2D eigenvalue weighted by Gasteiger charge is 2.40. The molecule has 0 spiro atoms. The van der Waals surface area contributed by atoms with Gasteiger partial charge in [0.25, 0.3) is 0 Å². The van der Waals surface area contributed by atoms with Crippen molar-refractivity contribution < 1.29 is 0 Å². The number of hydrogen-bond acceptors (Lipinski definition) is 4. The third-order valence-corrected chi connectivity index (χ3v) is 5.74. The second-order valence-corrected chi connectivity index (χ2v) is 7.27. The number of piperidine rings is 1. The Hall–Kier alpha value is -1.87. The van der Waals surface area contributed by atoms with Crippen molar-refractivity contribution in [2.45, 2.75) is 18.8 Å². The van der Waals surface area contributed by atoms with Gasteiger partial charge in [-0.3, -0.25) is 5.10 Å². The first-order valence-electron chi connectivity index (χ1n) is 8.36. The lowest BCUT2D eigenvalue weighted by molar-refractivity contribution is 0.443. The van der Waals surface area contributed by atoms with Gasteiger partial charge in [-0.2, -0.15) is 10.4 Å². The highest BCUT2D eigenvalue weighted by Crippen LogP contribution is 2.47. The minimum absolute atomic E-state index is 0.262. The first-order valence-corrected chi connectivity index (χ1v) is 9.12. The molecular weight excluding hydrogens is 357 g/mol. The van der Waals surface area contributed by atoms with Gasteiger partial charge in [0.2, 0.25) is 0 Å². The second kappa shape index (κ2) is 6.80. The number of halogens is 2.